The zero-order valence-electron chi connectivity index (χ0n) is 7.06. The van der Waals surface area contributed by atoms with Gasteiger partial charge in [-0.3, -0.25) is 0 Å². The third kappa shape index (κ3) is 1.72. The number of aliphatic hydroxyl groups is 1. The maximum atomic E-state index is 9.85. The Balaban J connectivity index is 2.45. The van der Waals surface area contributed by atoms with Crippen molar-refractivity contribution in [1.82, 2.24) is 0 Å². The molecule has 0 spiro atoms. The first-order chi connectivity index (χ1) is 4.66. The molecule has 0 bridgehead atoms. The highest BCUT2D eigenvalue weighted by Crippen LogP contribution is 2.33. The van der Waals surface area contributed by atoms with Gasteiger partial charge in [0.2, 0.25) is 0 Å². The molecule has 0 aromatic carbocycles. The van der Waals surface area contributed by atoms with Crippen LogP contribution in [0.3, 0.4) is 0 Å². The fourth-order valence-corrected chi connectivity index (χ4v) is 1.95. The summed E-state index contributed by atoms with van der Waals surface area (Å²) < 4.78 is 0. The van der Waals surface area contributed by atoms with Crippen molar-refractivity contribution in [2.24, 2.45) is 5.92 Å². The summed E-state index contributed by atoms with van der Waals surface area (Å²) in [7, 11) is 0. The third-order valence-corrected chi connectivity index (χ3v) is 2.73. The Bertz CT molecular complexity index is 111. The van der Waals surface area contributed by atoms with Crippen LogP contribution in [0.1, 0.15) is 46.0 Å². The van der Waals surface area contributed by atoms with E-state index in [1.807, 2.05) is 0 Å². The molecule has 0 amide bonds. The van der Waals surface area contributed by atoms with Crippen LogP contribution in [0.2, 0.25) is 0 Å². The molecule has 1 N–H and O–H groups in total. The van der Waals surface area contributed by atoms with Crippen LogP contribution in [0.5, 0.6) is 0 Å². The molecule has 0 radical (unpaired) electrons. The minimum Gasteiger partial charge on any atom is -0.390 e. The molecule has 1 saturated carbocycles. The van der Waals surface area contributed by atoms with Crippen molar-refractivity contribution in [2.75, 3.05) is 0 Å². The van der Waals surface area contributed by atoms with E-state index in [9.17, 15) is 5.11 Å². The molecule has 60 valence electrons. The topological polar surface area (TPSA) is 20.2 Å². The first kappa shape index (κ1) is 8.06. The Hall–Kier alpha value is -0.0400. The molecule has 0 aromatic rings. The molecule has 1 rings (SSSR count). The van der Waals surface area contributed by atoms with Gasteiger partial charge in [0.1, 0.15) is 0 Å². The molecule has 0 heterocycles. The van der Waals surface area contributed by atoms with E-state index in [-0.39, 0.29) is 5.60 Å². The molecule has 0 aliphatic heterocycles. The minimum atomic E-state index is -0.308. The second-order valence-corrected chi connectivity index (χ2v) is 3.78. The monoisotopic (exact) mass is 142 g/mol. The van der Waals surface area contributed by atoms with Gasteiger partial charge < -0.3 is 5.11 Å². The van der Waals surface area contributed by atoms with E-state index in [2.05, 4.69) is 13.8 Å². The molecule has 0 saturated heterocycles. The van der Waals surface area contributed by atoms with Crippen LogP contribution in [0, 0.1) is 5.92 Å². The third-order valence-electron chi connectivity index (χ3n) is 2.73. The summed E-state index contributed by atoms with van der Waals surface area (Å²) in [6, 6.07) is 0. The van der Waals surface area contributed by atoms with Crippen LogP contribution in [-0.2, 0) is 0 Å². The van der Waals surface area contributed by atoms with Crippen molar-refractivity contribution < 1.29 is 5.11 Å². The first-order valence-electron chi connectivity index (χ1n) is 4.39. The second-order valence-electron chi connectivity index (χ2n) is 3.78. The van der Waals surface area contributed by atoms with Crippen LogP contribution >= 0.6 is 0 Å². The van der Waals surface area contributed by atoms with Gasteiger partial charge in [0.05, 0.1) is 5.60 Å². The van der Waals surface area contributed by atoms with E-state index >= 15 is 0 Å². The van der Waals surface area contributed by atoms with Crippen LogP contribution in [-0.4, -0.2) is 10.7 Å². The highest BCUT2D eigenvalue weighted by Gasteiger charge is 2.30. The van der Waals surface area contributed by atoms with Crippen molar-refractivity contribution >= 4 is 0 Å². The average Bonchev–Trinajstić information content (AvgIpc) is 1.88. The Morgan fingerprint density at radius 1 is 1.60 bits per heavy atom. The van der Waals surface area contributed by atoms with Gasteiger partial charge in [-0.15, -0.1) is 0 Å². The Morgan fingerprint density at radius 2 is 2.30 bits per heavy atom. The standard InChI is InChI=1S/C9H18O/c1-3-9(10)6-4-5-8(2)7-9/h8,10H,3-7H2,1-2H3/t8-,9-/m0/s1. The van der Waals surface area contributed by atoms with Crippen molar-refractivity contribution in [3.63, 3.8) is 0 Å². The van der Waals surface area contributed by atoms with Crippen LogP contribution in [0.4, 0.5) is 0 Å². The molecule has 0 unspecified atom stereocenters. The van der Waals surface area contributed by atoms with Crippen molar-refractivity contribution in [1.29, 1.82) is 0 Å². The summed E-state index contributed by atoms with van der Waals surface area (Å²) in [6.07, 6.45) is 5.49. The summed E-state index contributed by atoms with van der Waals surface area (Å²) in [5.74, 6) is 0.735. The van der Waals surface area contributed by atoms with Gasteiger partial charge in [-0.05, 0) is 25.2 Å². The lowest BCUT2D eigenvalue weighted by molar-refractivity contribution is -0.0159. The fraction of sp³-hybridized carbons (Fsp3) is 1.00. The molecular formula is C9H18O. The summed E-state index contributed by atoms with van der Waals surface area (Å²) in [4.78, 5) is 0. The lowest BCUT2D eigenvalue weighted by atomic mass is 9.78. The SMILES string of the molecule is CC[C@]1(O)CCC[C@H](C)C1. The molecule has 0 aromatic heterocycles. The molecule has 2 atom stereocenters. The van der Waals surface area contributed by atoms with Crippen LogP contribution in [0.15, 0.2) is 0 Å². The summed E-state index contributed by atoms with van der Waals surface area (Å²) >= 11 is 0. The van der Waals surface area contributed by atoms with Crippen molar-refractivity contribution in [3.8, 4) is 0 Å². The molecular weight excluding hydrogens is 124 g/mol. The summed E-state index contributed by atoms with van der Waals surface area (Å²) in [5.41, 5.74) is -0.308. The molecule has 1 nitrogen and oxygen atoms in total. The fourth-order valence-electron chi connectivity index (χ4n) is 1.95. The van der Waals surface area contributed by atoms with Crippen molar-refractivity contribution in [2.45, 2.75) is 51.6 Å². The first-order valence-corrected chi connectivity index (χ1v) is 4.39. The van der Waals surface area contributed by atoms with Gasteiger partial charge >= 0.3 is 0 Å². The smallest absolute Gasteiger partial charge is 0.0647 e. The van der Waals surface area contributed by atoms with Gasteiger partial charge in [-0.25, -0.2) is 0 Å². The Labute approximate surface area is 63.4 Å². The van der Waals surface area contributed by atoms with Gasteiger partial charge in [0.25, 0.3) is 0 Å². The maximum absolute atomic E-state index is 9.85. The van der Waals surface area contributed by atoms with Gasteiger partial charge in [0.15, 0.2) is 0 Å². The number of rotatable bonds is 1. The summed E-state index contributed by atoms with van der Waals surface area (Å²) in [6.45, 7) is 4.32. The van der Waals surface area contributed by atoms with E-state index in [0.717, 1.165) is 25.2 Å². The largest absolute Gasteiger partial charge is 0.390 e. The van der Waals surface area contributed by atoms with Crippen LogP contribution in [0.25, 0.3) is 0 Å². The molecule has 1 aliphatic carbocycles. The molecule has 1 heteroatoms. The normalized spacial score (nSPS) is 41.7. The zero-order chi connectivity index (χ0) is 7.61. The summed E-state index contributed by atoms with van der Waals surface area (Å²) in [5, 5.41) is 9.85. The Morgan fingerprint density at radius 3 is 2.70 bits per heavy atom. The highest BCUT2D eigenvalue weighted by molar-refractivity contribution is 4.83. The van der Waals surface area contributed by atoms with E-state index in [1.165, 1.54) is 12.8 Å². The molecule has 10 heavy (non-hydrogen) atoms. The second kappa shape index (κ2) is 2.91. The number of hydrogen-bond acceptors (Lipinski definition) is 1. The quantitative estimate of drug-likeness (QED) is 0.595. The van der Waals surface area contributed by atoms with Gasteiger partial charge in [0, 0.05) is 0 Å². The number of hydrogen-bond donors (Lipinski definition) is 1. The minimum absolute atomic E-state index is 0.308. The predicted molar refractivity (Wildman–Crippen MR) is 42.9 cm³/mol. The van der Waals surface area contributed by atoms with Crippen LogP contribution < -0.4 is 0 Å². The predicted octanol–water partition coefficient (Wildman–Crippen LogP) is 2.34. The van der Waals surface area contributed by atoms with E-state index in [1.54, 1.807) is 0 Å². The van der Waals surface area contributed by atoms with Gasteiger partial charge in [-0.1, -0.05) is 26.7 Å². The Kier molecular flexibility index (Phi) is 2.35. The van der Waals surface area contributed by atoms with Gasteiger partial charge in [-0.2, -0.15) is 0 Å². The molecule has 1 aliphatic rings. The highest BCUT2D eigenvalue weighted by atomic mass is 16.3. The lowest BCUT2D eigenvalue weighted by Gasteiger charge is -2.34. The van der Waals surface area contributed by atoms with E-state index in [4.69, 9.17) is 0 Å². The molecule has 1 fully saturated rings. The maximum Gasteiger partial charge on any atom is 0.0647 e. The zero-order valence-corrected chi connectivity index (χ0v) is 7.06. The average molecular weight is 142 g/mol. The van der Waals surface area contributed by atoms with Crippen molar-refractivity contribution in [3.05, 3.63) is 0 Å². The van der Waals surface area contributed by atoms with E-state index < -0.39 is 0 Å². The van der Waals surface area contributed by atoms with E-state index in [0.29, 0.717) is 0 Å². The lowest BCUT2D eigenvalue weighted by Crippen LogP contribution is -2.33.